The molecule has 0 radical (unpaired) electrons. The van der Waals surface area contributed by atoms with Gasteiger partial charge in [0.15, 0.2) is 0 Å². The molecule has 2 atom stereocenters. The number of halogens is 2. The first kappa shape index (κ1) is 24.3. The van der Waals surface area contributed by atoms with E-state index < -0.39 is 6.17 Å². The number of anilines is 2. The summed E-state index contributed by atoms with van der Waals surface area (Å²) >= 11 is 6.00. The Morgan fingerprint density at radius 2 is 2.21 bits per heavy atom. The number of carbonyl (C=O) groups is 1. The minimum Gasteiger partial charge on any atom is -0.381 e. The second kappa shape index (κ2) is 11.1. The van der Waals surface area contributed by atoms with E-state index in [2.05, 4.69) is 20.6 Å². The average molecular weight is 486 g/mol. The monoisotopic (exact) mass is 485 g/mol. The van der Waals surface area contributed by atoms with Crippen LogP contribution in [0, 0.1) is 5.92 Å². The van der Waals surface area contributed by atoms with Crippen LogP contribution < -0.4 is 10.6 Å². The summed E-state index contributed by atoms with van der Waals surface area (Å²) in [7, 11) is 3.89. The highest BCUT2D eigenvalue weighted by Gasteiger charge is 2.20. The first-order chi connectivity index (χ1) is 16.4. The van der Waals surface area contributed by atoms with E-state index in [4.69, 9.17) is 16.3 Å². The van der Waals surface area contributed by atoms with Crippen LogP contribution in [0.3, 0.4) is 0 Å². The number of rotatable bonds is 8. The molecule has 2 aromatic rings. The molecule has 0 saturated carbocycles. The summed E-state index contributed by atoms with van der Waals surface area (Å²) in [6.07, 6.45) is 8.95. The van der Waals surface area contributed by atoms with Gasteiger partial charge in [0.05, 0.1) is 10.5 Å². The van der Waals surface area contributed by atoms with Gasteiger partial charge in [-0.1, -0.05) is 23.8 Å². The Hall–Kier alpha value is -2.81. The molecule has 1 aliphatic carbocycles. The van der Waals surface area contributed by atoms with Crippen molar-refractivity contribution in [2.45, 2.75) is 25.4 Å². The molecule has 2 N–H and O–H groups in total. The van der Waals surface area contributed by atoms with Crippen molar-refractivity contribution in [2.24, 2.45) is 5.92 Å². The molecule has 180 valence electrons. The Morgan fingerprint density at radius 1 is 1.35 bits per heavy atom. The lowest BCUT2D eigenvalue weighted by atomic mass is 9.96. The van der Waals surface area contributed by atoms with Crippen molar-refractivity contribution in [1.29, 1.82) is 0 Å². The van der Waals surface area contributed by atoms with Crippen LogP contribution in [0.25, 0.3) is 10.9 Å². The lowest BCUT2D eigenvalue weighted by molar-refractivity contribution is -0.111. The van der Waals surface area contributed by atoms with Crippen molar-refractivity contribution >= 4 is 39.9 Å². The quantitative estimate of drug-likeness (QED) is 0.539. The predicted molar refractivity (Wildman–Crippen MR) is 134 cm³/mol. The molecule has 7 nitrogen and oxygen atoms in total. The Balaban J connectivity index is 1.66. The van der Waals surface area contributed by atoms with Gasteiger partial charge in [0.2, 0.25) is 5.91 Å². The average Bonchev–Trinajstić information content (AvgIpc) is 3.30. The molecule has 4 rings (SSSR count). The SMILES string of the molecule is CN(C)C/C=C/C(=O)Nc1cc2c(NC3=CCC(F)C(Cl)=C3)ncnc2cc1C[C@H]1CCOC1. The van der Waals surface area contributed by atoms with Gasteiger partial charge in [0.25, 0.3) is 0 Å². The number of likely N-dealkylation sites (N-methyl/N-ethyl adjacent to an activating group) is 1. The minimum atomic E-state index is -1.18. The summed E-state index contributed by atoms with van der Waals surface area (Å²) in [5, 5.41) is 7.15. The number of alkyl halides is 1. The number of hydrogen-bond acceptors (Lipinski definition) is 6. The fourth-order valence-corrected chi connectivity index (χ4v) is 4.20. The van der Waals surface area contributed by atoms with Crippen molar-refractivity contribution in [3.05, 3.63) is 59.1 Å². The second-order valence-corrected chi connectivity index (χ2v) is 9.29. The van der Waals surface area contributed by atoms with Crippen molar-refractivity contribution in [3.8, 4) is 0 Å². The molecule has 34 heavy (non-hydrogen) atoms. The molecule has 2 heterocycles. The molecule has 9 heteroatoms. The summed E-state index contributed by atoms with van der Waals surface area (Å²) in [5.41, 5.74) is 3.14. The topological polar surface area (TPSA) is 79.4 Å². The van der Waals surface area contributed by atoms with Gasteiger partial charge in [-0.25, -0.2) is 14.4 Å². The van der Waals surface area contributed by atoms with Crippen molar-refractivity contribution in [2.75, 3.05) is 44.5 Å². The zero-order chi connectivity index (χ0) is 24.1. The molecule has 0 spiro atoms. The lowest BCUT2D eigenvalue weighted by Crippen LogP contribution is -2.15. The Bertz CT molecular complexity index is 1140. The van der Waals surface area contributed by atoms with Gasteiger partial charge in [-0.05, 0) is 56.6 Å². The second-order valence-electron chi connectivity index (χ2n) is 8.85. The van der Waals surface area contributed by atoms with Crippen molar-refractivity contribution < 1.29 is 13.9 Å². The van der Waals surface area contributed by atoms with Crippen LogP contribution >= 0.6 is 11.6 Å². The first-order valence-electron chi connectivity index (χ1n) is 11.3. The zero-order valence-electron chi connectivity index (χ0n) is 19.4. The van der Waals surface area contributed by atoms with E-state index in [1.165, 1.54) is 6.33 Å². The largest absolute Gasteiger partial charge is 0.381 e. The molecule has 2 aliphatic rings. The van der Waals surface area contributed by atoms with Crippen LogP contribution in [-0.4, -0.2) is 60.8 Å². The van der Waals surface area contributed by atoms with E-state index in [0.717, 1.165) is 35.9 Å². The zero-order valence-corrected chi connectivity index (χ0v) is 20.1. The third-order valence-electron chi connectivity index (χ3n) is 5.79. The van der Waals surface area contributed by atoms with Crippen LogP contribution in [-0.2, 0) is 16.0 Å². The van der Waals surface area contributed by atoms with Gasteiger partial charge in [-0.3, -0.25) is 4.79 Å². The van der Waals surface area contributed by atoms with E-state index in [9.17, 15) is 9.18 Å². The highest BCUT2D eigenvalue weighted by molar-refractivity contribution is 6.30. The normalized spacial score (nSPS) is 20.6. The fraction of sp³-hybridized carbons (Fsp3) is 0.400. The summed E-state index contributed by atoms with van der Waals surface area (Å²) < 4.78 is 19.3. The van der Waals surface area contributed by atoms with Gasteiger partial charge in [0, 0.05) is 49.0 Å². The number of amides is 1. The van der Waals surface area contributed by atoms with Crippen molar-refractivity contribution in [1.82, 2.24) is 14.9 Å². The number of hydrogen-bond donors (Lipinski definition) is 2. The first-order valence-corrected chi connectivity index (χ1v) is 11.7. The van der Waals surface area contributed by atoms with Crippen LogP contribution in [0.1, 0.15) is 18.4 Å². The number of benzene rings is 1. The van der Waals surface area contributed by atoms with Gasteiger partial charge in [-0.2, -0.15) is 0 Å². The summed E-state index contributed by atoms with van der Waals surface area (Å²) in [4.78, 5) is 23.4. The molecule has 0 bridgehead atoms. The standard InChI is InChI=1S/C25H29ClFN5O2/c1-32(2)8-3-4-24(33)31-22-13-19-23(11-17(22)10-16-7-9-34-14-16)28-15-29-25(19)30-18-5-6-21(27)20(26)12-18/h3-5,11-13,15-16,21H,6-10,14H2,1-2H3,(H,31,33)(H,28,29,30)/b4-3+/t16-,21?/m1/s1. The van der Waals surface area contributed by atoms with Crippen LogP contribution in [0.2, 0.25) is 0 Å². The molecule has 1 aliphatic heterocycles. The van der Waals surface area contributed by atoms with E-state index >= 15 is 0 Å². The number of carbonyl (C=O) groups excluding carboxylic acids is 1. The summed E-state index contributed by atoms with van der Waals surface area (Å²) in [6.45, 7) is 2.14. The molecular formula is C25H29ClFN5O2. The van der Waals surface area contributed by atoms with E-state index in [1.807, 2.05) is 37.2 Å². The highest BCUT2D eigenvalue weighted by Crippen LogP contribution is 2.32. The van der Waals surface area contributed by atoms with Crippen LogP contribution in [0.5, 0.6) is 0 Å². The molecule has 1 aromatic heterocycles. The Labute approximate surface area is 203 Å². The molecule has 1 fully saturated rings. The maximum atomic E-state index is 13.7. The van der Waals surface area contributed by atoms with Gasteiger partial charge >= 0.3 is 0 Å². The highest BCUT2D eigenvalue weighted by atomic mass is 35.5. The van der Waals surface area contributed by atoms with E-state index in [1.54, 1.807) is 18.2 Å². The van der Waals surface area contributed by atoms with Gasteiger partial charge in [-0.15, -0.1) is 0 Å². The molecule has 1 unspecified atom stereocenters. The van der Waals surface area contributed by atoms with Crippen LogP contribution in [0.15, 0.2) is 53.5 Å². The number of nitrogens with zero attached hydrogens (tertiary/aromatic N) is 3. The van der Waals surface area contributed by atoms with Gasteiger partial charge < -0.3 is 20.3 Å². The third-order valence-corrected chi connectivity index (χ3v) is 6.14. The number of fused-ring (bicyclic) bond motifs is 1. The smallest absolute Gasteiger partial charge is 0.248 e. The Kier molecular flexibility index (Phi) is 7.92. The predicted octanol–water partition coefficient (Wildman–Crippen LogP) is 4.43. The lowest BCUT2D eigenvalue weighted by Gasteiger charge is -2.18. The molecule has 1 amide bonds. The fourth-order valence-electron chi connectivity index (χ4n) is 4.00. The number of aromatic nitrogens is 2. The third kappa shape index (κ3) is 6.20. The van der Waals surface area contributed by atoms with Gasteiger partial charge in [0.1, 0.15) is 18.3 Å². The summed E-state index contributed by atoms with van der Waals surface area (Å²) in [5.74, 6) is 0.754. The summed E-state index contributed by atoms with van der Waals surface area (Å²) in [6, 6.07) is 3.89. The van der Waals surface area contributed by atoms with Crippen molar-refractivity contribution in [3.63, 3.8) is 0 Å². The minimum absolute atomic E-state index is 0.155. The maximum Gasteiger partial charge on any atom is 0.248 e. The van der Waals surface area contributed by atoms with E-state index in [0.29, 0.717) is 36.3 Å². The number of allylic oxidation sites excluding steroid dienone is 3. The maximum absolute atomic E-state index is 13.7. The van der Waals surface area contributed by atoms with E-state index in [-0.39, 0.29) is 17.4 Å². The van der Waals surface area contributed by atoms with Crippen LogP contribution in [0.4, 0.5) is 15.9 Å². The molecular weight excluding hydrogens is 457 g/mol. The number of nitrogens with one attached hydrogen (secondary N) is 2. The number of ether oxygens (including phenoxy) is 1. The molecule has 1 saturated heterocycles. The Morgan fingerprint density at radius 3 is 2.94 bits per heavy atom. The molecule has 1 aromatic carbocycles.